The van der Waals surface area contributed by atoms with E-state index in [1.165, 1.54) is 0 Å². The molecular formula is C11H13N3O2S2. The second-order valence-electron chi connectivity index (χ2n) is 3.64. The third-order valence-corrected chi connectivity index (χ3v) is 5.16. The zero-order valence-electron chi connectivity index (χ0n) is 9.83. The molecule has 0 atom stereocenters. The van der Waals surface area contributed by atoms with Crippen molar-refractivity contribution < 1.29 is 8.42 Å². The van der Waals surface area contributed by atoms with Crippen molar-refractivity contribution >= 4 is 21.6 Å². The molecule has 7 heteroatoms. The molecule has 0 spiro atoms. The van der Waals surface area contributed by atoms with E-state index in [2.05, 4.69) is 15.4 Å². The van der Waals surface area contributed by atoms with Gasteiger partial charge in [0, 0.05) is 5.75 Å². The molecule has 0 bridgehead atoms. The first-order valence-corrected chi connectivity index (χ1v) is 8.06. The molecule has 0 amide bonds. The third-order valence-electron chi connectivity index (χ3n) is 2.44. The number of hydrogen-bond donors (Lipinski definition) is 1. The summed E-state index contributed by atoms with van der Waals surface area (Å²) in [7, 11) is -3.11. The van der Waals surface area contributed by atoms with Crippen LogP contribution in [0.25, 0.3) is 0 Å². The number of rotatable bonds is 5. The maximum Gasteiger partial charge on any atom is 0.178 e. The Labute approximate surface area is 110 Å². The molecular weight excluding hydrogens is 270 g/mol. The minimum absolute atomic E-state index is 0.125. The average molecular weight is 283 g/mol. The van der Waals surface area contributed by atoms with Gasteiger partial charge in [0.05, 0.1) is 16.8 Å². The van der Waals surface area contributed by atoms with Crippen molar-refractivity contribution in [1.82, 2.24) is 15.4 Å². The van der Waals surface area contributed by atoms with Crippen LogP contribution < -0.4 is 0 Å². The molecule has 1 N–H and O–H groups in total. The molecule has 0 saturated heterocycles. The molecule has 5 nitrogen and oxygen atoms in total. The van der Waals surface area contributed by atoms with Gasteiger partial charge in [-0.3, -0.25) is 0 Å². The van der Waals surface area contributed by atoms with E-state index in [1.54, 1.807) is 37.0 Å². The molecule has 1 aromatic carbocycles. The normalized spacial score (nSPS) is 11.6. The van der Waals surface area contributed by atoms with E-state index in [-0.39, 0.29) is 5.75 Å². The Bertz CT molecular complexity index is 592. The van der Waals surface area contributed by atoms with E-state index >= 15 is 0 Å². The Morgan fingerprint density at radius 1 is 1.28 bits per heavy atom. The summed E-state index contributed by atoms with van der Waals surface area (Å²) in [6, 6.07) is 6.96. The number of sulfone groups is 1. The summed E-state index contributed by atoms with van der Waals surface area (Å²) in [6.07, 6.45) is 1.65. The van der Waals surface area contributed by atoms with Crippen LogP contribution >= 0.6 is 11.8 Å². The van der Waals surface area contributed by atoms with Crippen LogP contribution in [0.1, 0.15) is 12.5 Å². The first-order valence-electron chi connectivity index (χ1n) is 5.42. The predicted octanol–water partition coefficient (Wildman–Crippen LogP) is 1.89. The maximum atomic E-state index is 11.6. The number of aromatic nitrogens is 3. The summed E-state index contributed by atoms with van der Waals surface area (Å²) in [5.74, 6) is 0.860. The molecule has 2 aromatic rings. The summed E-state index contributed by atoms with van der Waals surface area (Å²) in [4.78, 5) is 0.375. The lowest BCUT2D eigenvalue weighted by Crippen LogP contribution is -2.03. The van der Waals surface area contributed by atoms with Crippen LogP contribution in [0.2, 0.25) is 0 Å². The summed E-state index contributed by atoms with van der Waals surface area (Å²) >= 11 is 1.54. The third kappa shape index (κ3) is 3.11. The first-order chi connectivity index (χ1) is 8.62. The van der Waals surface area contributed by atoms with Crippen LogP contribution in [0.15, 0.2) is 40.4 Å². The van der Waals surface area contributed by atoms with Gasteiger partial charge >= 0.3 is 0 Å². The number of hydrogen-bond acceptors (Lipinski definition) is 5. The van der Waals surface area contributed by atoms with Gasteiger partial charge in [-0.2, -0.15) is 10.3 Å². The van der Waals surface area contributed by atoms with Gasteiger partial charge < -0.3 is 0 Å². The van der Waals surface area contributed by atoms with Crippen LogP contribution in [0.4, 0.5) is 0 Å². The lowest BCUT2D eigenvalue weighted by molar-refractivity contribution is 0.597. The molecule has 96 valence electrons. The number of benzene rings is 1. The van der Waals surface area contributed by atoms with Gasteiger partial charge in [-0.15, -0.1) is 5.10 Å². The largest absolute Gasteiger partial charge is 0.224 e. The molecule has 0 fully saturated rings. The molecule has 0 unspecified atom stereocenters. The minimum atomic E-state index is -3.11. The smallest absolute Gasteiger partial charge is 0.178 e. The second-order valence-corrected chi connectivity index (χ2v) is 6.92. The van der Waals surface area contributed by atoms with Gasteiger partial charge in [0.15, 0.2) is 9.84 Å². The van der Waals surface area contributed by atoms with Gasteiger partial charge in [0.25, 0.3) is 0 Å². The topological polar surface area (TPSA) is 75.7 Å². The van der Waals surface area contributed by atoms with Gasteiger partial charge in [-0.25, -0.2) is 8.42 Å². The van der Waals surface area contributed by atoms with Gasteiger partial charge in [0.1, 0.15) is 5.03 Å². The van der Waals surface area contributed by atoms with Gasteiger partial charge in [0.2, 0.25) is 0 Å². The Kier molecular flexibility index (Phi) is 4.03. The Hall–Kier alpha value is -1.34. The fraction of sp³-hybridized carbons (Fsp3) is 0.273. The Morgan fingerprint density at radius 3 is 2.56 bits per heavy atom. The summed E-state index contributed by atoms with van der Waals surface area (Å²) in [5.41, 5.74) is 1.05. The predicted molar refractivity (Wildman–Crippen MR) is 70.1 cm³/mol. The number of aromatic amines is 1. The molecule has 1 aromatic heterocycles. The van der Waals surface area contributed by atoms with Gasteiger partial charge in [-0.1, -0.05) is 30.8 Å². The summed E-state index contributed by atoms with van der Waals surface area (Å²) in [5, 5.41) is 11.0. The quantitative estimate of drug-likeness (QED) is 0.848. The zero-order valence-corrected chi connectivity index (χ0v) is 11.5. The zero-order chi connectivity index (χ0) is 13.0. The van der Waals surface area contributed by atoms with Crippen LogP contribution in [-0.4, -0.2) is 29.6 Å². The van der Waals surface area contributed by atoms with Crippen molar-refractivity contribution in [2.45, 2.75) is 22.6 Å². The molecule has 18 heavy (non-hydrogen) atoms. The van der Waals surface area contributed by atoms with E-state index in [4.69, 9.17) is 0 Å². The van der Waals surface area contributed by atoms with E-state index < -0.39 is 9.84 Å². The van der Waals surface area contributed by atoms with Crippen LogP contribution in [0.5, 0.6) is 0 Å². The molecule has 1 heterocycles. The van der Waals surface area contributed by atoms with Crippen LogP contribution in [-0.2, 0) is 15.6 Å². The monoisotopic (exact) mass is 283 g/mol. The molecule has 2 rings (SSSR count). The van der Waals surface area contributed by atoms with Crippen molar-refractivity contribution in [3.8, 4) is 0 Å². The highest BCUT2D eigenvalue weighted by Crippen LogP contribution is 2.20. The summed E-state index contributed by atoms with van der Waals surface area (Å²) < 4.78 is 23.3. The molecule has 0 radical (unpaired) electrons. The van der Waals surface area contributed by atoms with Crippen molar-refractivity contribution in [3.05, 3.63) is 36.0 Å². The highest BCUT2D eigenvalue weighted by molar-refractivity contribution is 7.98. The summed E-state index contributed by atoms with van der Waals surface area (Å²) in [6.45, 7) is 1.64. The Balaban J connectivity index is 2.04. The number of H-pyrrole nitrogens is 1. The fourth-order valence-corrected chi connectivity index (χ4v) is 3.00. The van der Waals surface area contributed by atoms with E-state index in [1.807, 2.05) is 12.1 Å². The van der Waals surface area contributed by atoms with E-state index in [0.717, 1.165) is 16.3 Å². The maximum absolute atomic E-state index is 11.6. The van der Waals surface area contributed by atoms with E-state index in [9.17, 15) is 8.42 Å². The highest BCUT2D eigenvalue weighted by atomic mass is 32.2. The molecule has 0 saturated carbocycles. The van der Waals surface area contributed by atoms with Crippen molar-refractivity contribution in [2.75, 3.05) is 5.75 Å². The van der Waals surface area contributed by atoms with Crippen LogP contribution in [0.3, 0.4) is 0 Å². The first kappa shape index (κ1) is 13.1. The number of nitrogens with zero attached hydrogens (tertiary/aromatic N) is 2. The van der Waals surface area contributed by atoms with E-state index in [0.29, 0.717) is 4.90 Å². The van der Waals surface area contributed by atoms with Gasteiger partial charge in [-0.05, 0) is 17.7 Å². The number of nitrogens with one attached hydrogen (secondary N) is 1. The van der Waals surface area contributed by atoms with Crippen molar-refractivity contribution in [2.24, 2.45) is 0 Å². The second kappa shape index (κ2) is 5.53. The fourth-order valence-electron chi connectivity index (χ4n) is 1.38. The standard InChI is InChI=1S/C11H13N3O2S2/c1-2-18(15,16)10-5-3-9(4-6-10)8-17-11-7-12-14-13-11/h3-7H,2,8H2,1H3,(H,12,13,14). The molecule has 0 aliphatic carbocycles. The van der Waals surface area contributed by atoms with Crippen LogP contribution in [0, 0.1) is 0 Å². The van der Waals surface area contributed by atoms with Crippen molar-refractivity contribution in [3.63, 3.8) is 0 Å². The van der Waals surface area contributed by atoms with Crippen molar-refractivity contribution in [1.29, 1.82) is 0 Å². The highest BCUT2D eigenvalue weighted by Gasteiger charge is 2.10. The number of thioether (sulfide) groups is 1. The average Bonchev–Trinajstić information content (AvgIpc) is 2.90. The Morgan fingerprint density at radius 2 is 2.00 bits per heavy atom. The lowest BCUT2D eigenvalue weighted by Gasteiger charge is -2.03. The lowest BCUT2D eigenvalue weighted by atomic mass is 10.2. The minimum Gasteiger partial charge on any atom is -0.224 e. The molecule has 0 aliphatic rings. The molecule has 0 aliphatic heterocycles. The SMILES string of the molecule is CCS(=O)(=O)c1ccc(CSc2cn[nH]n2)cc1.